The molecule has 2 aromatic rings. The highest BCUT2D eigenvalue weighted by molar-refractivity contribution is 7.99. The molecule has 0 atom stereocenters. The van der Waals surface area contributed by atoms with Crippen LogP contribution in [0.4, 0.5) is 5.69 Å². The van der Waals surface area contributed by atoms with Crippen molar-refractivity contribution in [2.75, 3.05) is 30.7 Å². The Morgan fingerprint density at radius 1 is 1.30 bits per heavy atom. The molecule has 3 N–H and O–H groups in total. The van der Waals surface area contributed by atoms with Crippen LogP contribution in [0.5, 0.6) is 0 Å². The van der Waals surface area contributed by atoms with Gasteiger partial charge < -0.3 is 10.2 Å². The summed E-state index contributed by atoms with van der Waals surface area (Å²) in [7, 11) is 0. The number of hydroxylamine groups is 1. The Labute approximate surface area is 169 Å². The van der Waals surface area contributed by atoms with Crippen LogP contribution in [0.15, 0.2) is 46.7 Å². The van der Waals surface area contributed by atoms with Crippen molar-refractivity contribution in [1.82, 2.24) is 10.4 Å². The quantitative estimate of drug-likeness (QED) is 0.225. The number of hydrogen-bond acceptors (Lipinski definition) is 6. The van der Waals surface area contributed by atoms with E-state index in [1.54, 1.807) is 22.9 Å². The first kappa shape index (κ1) is 21.5. The molecule has 5 nitrogen and oxygen atoms in total. The molecular weight excluding hydrogens is 378 g/mol. The summed E-state index contributed by atoms with van der Waals surface area (Å²) in [4.78, 5) is 16.1. The van der Waals surface area contributed by atoms with Crippen LogP contribution in [0, 0.1) is 0 Å². The molecule has 0 radical (unpaired) electrons. The number of carbonyl (C=O) groups excluding carboxylic acids is 1. The third kappa shape index (κ3) is 7.38. The Bertz CT molecular complexity index is 729. The van der Waals surface area contributed by atoms with Crippen LogP contribution in [0.2, 0.25) is 0 Å². The van der Waals surface area contributed by atoms with E-state index < -0.39 is 5.91 Å². The highest BCUT2D eigenvalue weighted by Gasteiger charge is 2.07. The van der Waals surface area contributed by atoms with Gasteiger partial charge in [-0.3, -0.25) is 10.0 Å². The van der Waals surface area contributed by atoms with Gasteiger partial charge in [-0.25, -0.2) is 5.48 Å². The zero-order valence-electron chi connectivity index (χ0n) is 15.8. The number of anilines is 1. The first-order valence-corrected chi connectivity index (χ1v) is 10.9. The van der Waals surface area contributed by atoms with Gasteiger partial charge in [-0.15, -0.1) is 23.1 Å². The lowest BCUT2D eigenvalue weighted by Crippen LogP contribution is -2.25. The maximum absolute atomic E-state index is 11.2. The van der Waals surface area contributed by atoms with Gasteiger partial charge in [0.15, 0.2) is 0 Å². The summed E-state index contributed by atoms with van der Waals surface area (Å²) in [6.45, 7) is 8.33. The maximum atomic E-state index is 11.2. The summed E-state index contributed by atoms with van der Waals surface area (Å²) in [6.07, 6.45) is 3.00. The molecule has 0 bridgehead atoms. The van der Waals surface area contributed by atoms with Crippen LogP contribution in [0.3, 0.4) is 0 Å². The van der Waals surface area contributed by atoms with E-state index in [-0.39, 0.29) is 0 Å². The fraction of sp³-hybridized carbons (Fsp3) is 0.350. The van der Waals surface area contributed by atoms with Crippen LogP contribution in [0.25, 0.3) is 6.08 Å². The zero-order chi connectivity index (χ0) is 19.5. The third-order valence-corrected chi connectivity index (χ3v) is 6.06. The second-order valence-electron chi connectivity index (χ2n) is 5.87. The first-order chi connectivity index (χ1) is 13.2. The van der Waals surface area contributed by atoms with Gasteiger partial charge in [0, 0.05) is 40.4 Å². The summed E-state index contributed by atoms with van der Waals surface area (Å²) >= 11 is 3.56. The van der Waals surface area contributed by atoms with Gasteiger partial charge in [-0.1, -0.05) is 26.0 Å². The number of hydrogen-bond donors (Lipinski definition) is 3. The fourth-order valence-corrected chi connectivity index (χ4v) is 4.21. The van der Waals surface area contributed by atoms with E-state index in [2.05, 4.69) is 41.6 Å². The molecule has 1 aromatic carbocycles. The Morgan fingerprint density at radius 3 is 2.78 bits per heavy atom. The predicted molar refractivity (Wildman–Crippen MR) is 116 cm³/mol. The minimum absolute atomic E-state index is 0.541. The topological polar surface area (TPSA) is 64.6 Å². The molecule has 0 saturated heterocycles. The number of carbonyl (C=O) groups is 1. The smallest absolute Gasteiger partial charge is 0.267 e. The molecule has 27 heavy (non-hydrogen) atoms. The molecule has 0 aliphatic carbocycles. The summed E-state index contributed by atoms with van der Waals surface area (Å²) in [5.41, 5.74) is 3.56. The van der Waals surface area contributed by atoms with E-state index in [0.717, 1.165) is 43.2 Å². The predicted octanol–water partition coefficient (Wildman–Crippen LogP) is 4.31. The van der Waals surface area contributed by atoms with Crippen LogP contribution in [-0.2, 0) is 11.3 Å². The molecule has 146 valence electrons. The average molecular weight is 406 g/mol. The number of nitrogens with one attached hydrogen (secondary N) is 2. The lowest BCUT2D eigenvalue weighted by atomic mass is 10.2. The van der Waals surface area contributed by atoms with E-state index in [0.29, 0.717) is 0 Å². The molecule has 0 aliphatic rings. The van der Waals surface area contributed by atoms with Gasteiger partial charge in [0.25, 0.3) is 5.91 Å². The molecule has 0 spiro atoms. The number of amides is 1. The molecule has 1 aromatic heterocycles. The SMILES string of the molecule is CCN(CC)CCSc1ccc(C=CC(=O)NO)cc1NCc1cccs1. The van der Waals surface area contributed by atoms with Gasteiger partial charge in [0.05, 0.1) is 0 Å². The standard InChI is InChI=1S/C20H27N3O2S2/c1-3-23(4-2)11-13-27-19-9-7-16(8-10-20(24)22-25)14-18(19)21-15-17-6-5-12-26-17/h5-10,12,14,21,25H,3-4,11,13,15H2,1-2H3,(H,22,24). The highest BCUT2D eigenvalue weighted by atomic mass is 32.2. The fourth-order valence-electron chi connectivity index (χ4n) is 2.54. The molecule has 0 fully saturated rings. The zero-order valence-corrected chi connectivity index (χ0v) is 17.4. The van der Waals surface area contributed by atoms with Crippen molar-refractivity contribution in [2.24, 2.45) is 0 Å². The molecule has 0 aliphatic heterocycles. The van der Waals surface area contributed by atoms with E-state index in [1.807, 2.05) is 30.0 Å². The van der Waals surface area contributed by atoms with Crippen LogP contribution in [0.1, 0.15) is 24.3 Å². The van der Waals surface area contributed by atoms with Gasteiger partial charge in [-0.2, -0.15) is 0 Å². The Hall–Kier alpha value is -1.80. The molecule has 0 saturated carbocycles. The van der Waals surface area contributed by atoms with Crippen molar-refractivity contribution in [2.45, 2.75) is 25.3 Å². The summed E-state index contributed by atoms with van der Waals surface area (Å²) in [5.74, 6) is 0.484. The Kier molecular flexibility index (Phi) is 9.41. The molecule has 2 rings (SSSR count). The van der Waals surface area contributed by atoms with Crippen molar-refractivity contribution >= 4 is 40.8 Å². The van der Waals surface area contributed by atoms with E-state index in [9.17, 15) is 4.79 Å². The van der Waals surface area contributed by atoms with Gasteiger partial charge >= 0.3 is 0 Å². The molecule has 1 heterocycles. The highest BCUT2D eigenvalue weighted by Crippen LogP contribution is 2.29. The van der Waals surface area contributed by atoms with Crippen molar-refractivity contribution in [3.8, 4) is 0 Å². The average Bonchev–Trinajstić information content (AvgIpc) is 3.22. The van der Waals surface area contributed by atoms with Crippen LogP contribution < -0.4 is 10.8 Å². The van der Waals surface area contributed by atoms with E-state index >= 15 is 0 Å². The molecular formula is C20H27N3O2S2. The number of nitrogens with zero attached hydrogens (tertiary/aromatic N) is 1. The maximum Gasteiger partial charge on any atom is 0.267 e. The second kappa shape index (κ2) is 11.8. The largest absolute Gasteiger partial charge is 0.379 e. The molecule has 1 amide bonds. The van der Waals surface area contributed by atoms with Gasteiger partial charge in [0.1, 0.15) is 0 Å². The minimum Gasteiger partial charge on any atom is -0.379 e. The van der Waals surface area contributed by atoms with Crippen LogP contribution in [-0.4, -0.2) is 41.4 Å². The van der Waals surface area contributed by atoms with Crippen LogP contribution >= 0.6 is 23.1 Å². The Balaban J connectivity index is 2.09. The normalized spacial score (nSPS) is 11.3. The van der Waals surface area contributed by atoms with Gasteiger partial charge in [-0.05, 0) is 48.3 Å². The summed E-state index contributed by atoms with van der Waals surface area (Å²) in [5, 5.41) is 14.2. The Morgan fingerprint density at radius 2 is 2.11 bits per heavy atom. The number of thioether (sulfide) groups is 1. The summed E-state index contributed by atoms with van der Waals surface area (Å²) < 4.78 is 0. The minimum atomic E-state index is -0.541. The molecule has 7 heteroatoms. The van der Waals surface area contributed by atoms with Crippen molar-refractivity contribution in [3.05, 3.63) is 52.2 Å². The molecule has 0 unspecified atom stereocenters. The lowest BCUT2D eigenvalue weighted by molar-refractivity contribution is -0.124. The summed E-state index contributed by atoms with van der Waals surface area (Å²) in [6, 6.07) is 10.3. The monoisotopic (exact) mass is 405 g/mol. The van der Waals surface area contributed by atoms with Crippen molar-refractivity contribution < 1.29 is 10.0 Å². The number of rotatable bonds is 11. The number of thiophene rings is 1. The third-order valence-electron chi connectivity index (χ3n) is 4.13. The van der Waals surface area contributed by atoms with Crippen molar-refractivity contribution in [1.29, 1.82) is 0 Å². The van der Waals surface area contributed by atoms with E-state index in [1.165, 1.54) is 15.8 Å². The van der Waals surface area contributed by atoms with Crippen molar-refractivity contribution in [3.63, 3.8) is 0 Å². The lowest BCUT2D eigenvalue weighted by Gasteiger charge is -2.18. The number of benzene rings is 1. The second-order valence-corrected chi connectivity index (χ2v) is 8.04. The van der Waals surface area contributed by atoms with Gasteiger partial charge in [0.2, 0.25) is 0 Å². The first-order valence-electron chi connectivity index (χ1n) is 9.03. The van der Waals surface area contributed by atoms with E-state index in [4.69, 9.17) is 5.21 Å².